The van der Waals surface area contributed by atoms with Crippen molar-refractivity contribution in [2.24, 2.45) is 0 Å². The number of fused-ring (bicyclic) bond motifs is 1. The van der Waals surface area contributed by atoms with E-state index >= 15 is 0 Å². The summed E-state index contributed by atoms with van der Waals surface area (Å²) < 4.78 is 37.7. The molecular formula is C17H17F3N5O4+. The lowest BCUT2D eigenvalue weighted by molar-refractivity contribution is -0.919. The number of para-hydroxylation sites is 1. The van der Waals surface area contributed by atoms with E-state index in [1.165, 1.54) is 0 Å². The molecule has 154 valence electrons. The molecule has 2 aromatic rings. The number of hydrogen-bond acceptors (Lipinski definition) is 5. The second kappa shape index (κ2) is 7.62. The molecule has 1 aliphatic heterocycles. The molecule has 4 amide bonds. The standard InChI is InChI=1S/C17H16F3N5O4/c1-2-23(7-12-21-11-6-4-3-5-10(11)13(26)22-12)9-25-15(28)14(27)24(16(25)29)8-17(18,19)20/h3-6H,2,7-9H2,1H3,(H,21,22,26)/p+1. The van der Waals surface area contributed by atoms with Crippen molar-refractivity contribution in [3.63, 3.8) is 0 Å². The van der Waals surface area contributed by atoms with E-state index < -0.39 is 30.6 Å². The Kier molecular flexibility index (Phi) is 5.38. The number of H-pyrrole nitrogens is 1. The Labute approximate surface area is 161 Å². The number of nitrogens with one attached hydrogen (secondary N) is 2. The number of rotatable bonds is 6. The first-order chi connectivity index (χ1) is 13.6. The summed E-state index contributed by atoms with van der Waals surface area (Å²) in [6, 6.07) is 5.35. The minimum absolute atomic E-state index is 0.0844. The van der Waals surface area contributed by atoms with Gasteiger partial charge in [0.2, 0.25) is 0 Å². The van der Waals surface area contributed by atoms with Crippen molar-refractivity contribution in [3.05, 3.63) is 40.4 Å². The highest BCUT2D eigenvalue weighted by Crippen LogP contribution is 2.20. The Morgan fingerprint density at radius 2 is 1.72 bits per heavy atom. The minimum Gasteiger partial charge on any atom is -0.311 e. The topological polar surface area (TPSA) is 108 Å². The second-order valence-electron chi connectivity index (χ2n) is 6.49. The molecule has 3 rings (SSSR count). The summed E-state index contributed by atoms with van der Waals surface area (Å²) in [5.74, 6) is -2.55. The van der Waals surface area contributed by atoms with Crippen LogP contribution in [0.1, 0.15) is 12.7 Å². The van der Waals surface area contributed by atoms with Gasteiger partial charge in [0.05, 0.1) is 17.4 Å². The van der Waals surface area contributed by atoms with E-state index in [4.69, 9.17) is 0 Å². The lowest BCUT2D eigenvalue weighted by Gasteiger charge is -2.22. The Balaban J connectivity index is 1.78. The molecule has 0 radical (unpaired) electrons. The molecule has 0 aliphatic carbocycles. The van der Waals surface area contributed by atoms with Gasteiger partial charge < -0.3 is 9.88 Å². The Bertz CT molecular complexity index is 1040. The third-order valence-electron chi connectivity index (χ3n) is 4.43. The van der Waals surface area contributed by atoms with E-state index in [0.29, 0.717) is 27.2 Å². The summed E-state index contributed by atoms with van der Waals surface area (Å²) in [5, 5.41) is 0.396. The number of aromatic amines is 1. The number of carbonyl (C=O) groups excluding carboxylic acids is 3. The molecule has 1 fully saturated rings. The second-order valence-corrected chi connectivity index (χ2v) is 6.49. The summed E-state index contributed by atoms with van der Waals surface area (Å²) in [6.45, 7) is -0.0182. The number of quaternary nitrogens is 1. The van der Waals surface area contributed by atoms with Crippen LogP contribution in [0.25, 0.3) is 10.9 Å². The molecule has 29 heavy (non-hydrogen) atoms. The molecule has 2 N–H and O–H groups in total. The fraction of sp³-hybridized carbons (Fsp3) is 0.353. The van der Waals surface area contributed by atoms with Gasteiger partial charge in [0.25, 0.3) is 5.56 Å². The van der Waals surface area contributed by atoms with Crippen molar-refractivity contribution in [1.82, 2.24) is 19.8 Å². The summed E-state index contributed by atoms with van der Waals surface area (Å²) in [5.41, 5.74) is 0.0995. The van der Waals surface area contributed by atoms with E-state index in [9.17, 15) is 32.3 Å². The van der Waals surface area contributed by atoms with Crippen LogP contribution in [0.2, 0.25) is 0 Å². The van der Waals surface area contributed by atoms with Gasteiger partial charge in [-0.2, -0.15) is 13.2 Å². The molecular weight excluding hydrogens is 395 g/mol. The first-order valence-electron chi connectivity index (χ1n) is 8.66. The van der Waals surface area contributed by atoms with Crippen molar-refractivity contribution in [3.8, 4) is 0 Å². The molecule has 12 heteroatoms. The average Bonchev–Trinajstić information content (AvgIpc) is 2.84. The van der Waals surface area contributed by atoms with Crippen LogP contribution in [0.3, 0.4) is 0 Å². The minimum atomic E-state index is -4.81. The summed E-state index contributed by atoms with van der Waals surface area (Å²) in [7, 11) is 0. The summed E-state index contributed by atoms with van der Waals surface area (Å²) in [4.78, 5) is 55.9. The predicted octanol–water partition coefficient (Wildman–Crippen LogP) is -0.361. The van der Waals surface area contributed by atoms with E-state index in [1.54, 1.807) is 31.2 Å². The normalized spacial score (nSPS) is 16.2. The van der Waals surface area contributed by atoms with E-state index in [1.807, 2.05) is 0 Å². The van der Waals surface area contributed by atoms with Crippen LogP contribution in [0, 0.1) is 0 Å². The molecule has 1 aromatic heterocycles. The van der Waals surface area contributed by atoms with Crippen molar-refractivity contribution in [1.29, 1.82) is 0 Å². The fourth-order valence-corrected chi connectivity index (χ4v) is 2.98. The molecule has 9 nitrogen and oxygen atoms in total. The first-order valence-corrected chi connectivity index (χ1v) is 8.66. The van der Waals surface area contributed by atoms with Gasteiger partial charge in [-0.3, -0.25) is 14.4 Å². The maximum Gasteiger partial charge on any atom is 0.406 e. The summed E-state index contributed by atoms with van der Waals surface area (Å²) >= 11 is 0. The van der Waals surface area contributed by atoms with Crippen molar-refractivity contribution < 1.29 is 32.5 Å². The molecule has 0 saturated carbocycles. The van der Waals surface area contributed by atoms with Gasteiger partial charge in [-0.1, -0.05) is 12.1 Å². The van der Waals surface area contributed by atoms with E-state index in [2.05, 4.69) is 9.97 Å². The highest BCUT2D eigenvalue weighted by atomic mass is 19.4. The molecule has 1 aromatic carbocycles. The van der Waals surface area contributed by atoms with Gasteiger partial charge in [-0.25, -0.2) is 19.6 Å². The number of carbonyl (C=O) groups is 3. The van der Waals surface area contributed by atoms with Crippen LogP contribution in [-0.2, 0) is 16.1 Å². The quantitative estimate of drug-likeness (QED) is 0.498. The summed E-state index contributed by atoms with van der Waals surface area (Å²) in [6.07, 6.45) is -4.81. The van der Waals surface area contributed by atoms with Crippen molar-refractivity contribution in [2.75, 3.05) is 19.8 Å². The number of halogens is 3. The molecule has 1 atom stereocenters. The van der Waals surface area contributed by atoms with Crippen LogP contribution >= 0.6 is 0 Å². The Morgan fingerprint density at radius 3 is 2.38 bits per heavy atom. The smallest absolute Gasteiger partial charge is 0.311 e. The van der Waals surface area contributed by atoms with Gasteiger partial charge >= 0.3 is 24.0 Å². The first kappa shape index (κ1) is 20.5. The average molecular weight is 412 g/mol. The molecule has 2 heterocycles. The number of alkyl halides is 3. The van der Waals surface area contributed by atoms with Gasteiger partial charge in [-0.15, -0.1) is 0 Å². The fourth-order valence-electron chi connectivity index (χ4n) is 2.98. The highest BCUT2D eigenvalue weighted by molar-refractivity contribution is 6.44. The Hall–Kier alpha value is -3.28. The van der Waals surface area contributed by atoms with Gasteiger partial charge in [-0.05, 0) is 19.1 Å². The van der Waals surface area contributed by atoms with Gasteiger partial charge in [0, 0.05) is 0 Å². The lowest BCUT2D eigenvalue weighted by Crippen LogP contribution is -3.12. The molecule has 1 aliphatic rings. The number of nitrogens with zero attached hydrogens (tertiary/aromatic N) is 3. The third-order valence-corrected chi connectivity index (χ3v) is 4.43. The zero-order chi connectivity index (χ0) is 21.3. The lowest BCUT2D eigenvalue weighted by atomic mass is 10.2. The number of amides is 4. The number of hydrogen-bond donors (Lipinski definition) is 2. The molecule has 0 spiro atoms. The number of urea groups is 1. The molecule has 1 saturated heterocycles. The van der Waals surface area contributed by atoms with Crippen molar-refractivity contribution >= 4 is 28.7 Å². The van der Waals surface area contributed by atoms with Crippen molar-refractivity contribution in [2.45, 2.75) is 19.6 Å². The predicted molar refractivity (Wildman–Crippen MR) is 92.4 cm³/mol. The Morgan fingerprint density at radius 1 is 1.07 bits per heavy atom. The number of aromatic nitrogens is 2. The van der Waals surface area contributed by atoms with Crippen LogP contribution in [-0.4, -0.2) is 63.5 Å². The largest absolute Gasteiger partial charge is 0.406 e. The van der Waals surface area contributed by atoms with Crippen LogP contribution < -0.4 is 10.5 Å². The zero-order valence-corrected chi connectivity index (χ0v) is 15.2. The number of imide groups is 2. The monoisotopic (exact) mass is 412 g/mol. The zero-order valence-electron chi connectivity index (χ0n) is 15.2. The van der Waals surface area contributed by atoms with Gasteiger partial charge in [0.15, 0.2) is 12.5 Å². The van der Waals surface area contributed by atoms with Gasteiger partial charge in [0.1, 0.15) is 13.1 Å². The van der Waals surface area contributed by atoms with Crippen LogP contribution in [0.5, 0.6) is 0 Å². The van der Waals surface area contributed by atoms with E-state index in [0.717, 1.165) is 0 Å². The highest BCUT2D eigenvalue weighted by Gasteiger charge is 2.50. The maximum atomic E-state index is 12.6. The van der Waals surface area contributed by atoms with Crippen LogP contribution in [0.4, 0.5) is 18.0 Å². The van der Waals surface area contributed by atoms with E-state index in [-0.39, 0.29) is 29.5 Å². The molecule has 0 bridgehead atoms. The number of benzene rings is 1. The maximum absolute atomic E-state index is 12.6. The third kappa shape index (κ3) is 4.26. The van der Waals surface area contributed by atoms with Crippen LogP contribution in [0.15, 0.2) is 29.1 Å². The SMILES string of the molecule is CC[NH+](Cc1nc2ccccc2c(=O)[nH]1)CN1C(=O)C(=O)N(CC(F)(F)F)C1=O. The molecule has 1 unspecified atom stereocenters.